The number of piperidine rings is 1. The molecule has 0 aliphatic carbocycles. The van der Waals surface area contributed by atoms with Crippen LogP contribution < -0.4 is 0 Å². The number of likely N-dealkylation sites (tertiary alicyclic amines) is 1. The molecule has 3 aromatic rings. The van der Waals surface area contributed by atoms with Crippen molar-refractivity contribution in [1.29, 1.82) is 0 Å². The molecule has 4 rings (SSSR count). The van der Waals surface area contributed by atoms with Crippen molar-refractivity contribution in [3.05, 3.63) is 53.1 Å². The van der Waals surface area contributed by atoms with Crippen molar-refractivity contribution in [2.24, 2.45) is 0 Å². The first-order valence-corrected chi connectivity index (χ1v) is 10.7. The van der Waals surface area contributed by atoms with Crippen LogP contribution in [0.25, 0.3) is 22.5 Å². The third-order valence-corrected chi connectivity index (χ3v) is 6.07. The topological polar surface area (TPSA) is 74.8 Å². The molecule has 1 fully saturated rings. The van der Waals surface area contributed by atoms with Crippen LogP contribution >= 0.6 is 11.6 Å². The molecule has 1 aliphatic heterocycles. The van der Waals surface area contributed by atoms with Gasteiger partial charge in [-0.25, -0.2) is 9.97 Å². The first-order valence-electron chi connectivity index (χ1n) is 10.3. The highest BCUT2D eigenvalue weighted by Crippen LogP contribution is 2.42. The molecule has 0 radical (unpaired) electrons. The van der Waals surface area contributed by atoms with Gasteiger partial charge in [0.2, 0.25) is 5.91 Å². The maximum atomic E-state index is 13.4. The Morgan fingerprint density at radius 2 is 2.00 bits per heavy atom. The average Bonchev–Trinajstić information content (AvgIpc) is 3.24. The second-order valence-corrected chi connectivity index (χ2v) is 8.06. The van der Waals surface area contributed by atoms with E-state index in [0.29, 0.717) is 36.5 Å². The van der Waals surface area contributed by atoms with Gasteiger partial charge in [-0.3, -0.25) is 9.89 Å². The second-order valence-electron chi connectivity index (χ2n) is 7.66. The summed E-state index contributed by atoms with van der Waals surface area (Å²) in [6.45, 7) is 3.08. The highest BCUT2D eigenvalue weighted by molar-refractivity contribution is 6.31. The van der Waals surface area contributed by atoms with E-state index in [4.69, 9.17) is 11.6 Å². The molecule has 0 atom stereocenters. The lowest BCUT2D eigenvalue weighted by atomic mass is 9.88. The number of carbonyl (C=O) groups is 1. The van der Waals surface area contributed by atoms with Gasteiger partial charge >= 0.3 is 6.18 Å². The molecule has 1 saturated heterocycles. The Bertz CT molecular complexity index is 1110. The molecule has 1 amide bonds. The largest absolute Gasteiger partial charge is 0.417 e. The number of alkyl halides is 3. The van der Waals surface area contributed by atoms with Gasteiger partial charge in [-0.05, 0) is 31.0 Å². The van der Waals surface area contributed by atoms with Crippen LogP contribution in [-0.4, -0.2) is 44.1 Å². The molecule has 1 N–H and O–H groups in total. The van der Waals surface area contributed by atoms with Crippen LogP contribution in [0.2, 0.25) is 5.02 Å². The van der Waals surface area contributed by atoms with E-state index in [2.05, 4.69) is 20.2 Å². The van der Waals surface area contributed by atoms with Crippen molar-refractivity contribution < 1.29 is 18.0 Å². The Kier molecular flexibility index (Phi) is 6.19. The fraction of sp³-hybridized carbons (Fsp3) is 0.364. The van der Waals surface area contributed by atoms with Crippen LogP contribution in [-0.2, 0) is 11.0 Å². The van der Waals surface area contributed by atoms with E-state index < -0.39 is 11.7 Å². The van der Waals surface area contributed by atoms with E-state index in [1.54, 1.807) is 12.3 Å². The first-order chi connectivity index (χ1) is 15.3. The quantitative estimate of drug-likeness (QED) is 0.568. The standard InChI is InChI=1S/C22H21ClF3N5O/c1-2-18(32)31-9-6-13(7-10-31)20-19(17-5-8-27-12-28-17)21(30-29-20)14-3-4-16(23)15(11-14)22(24,25)26/h3-5,8,11-13H,2,6-7,9-10H2,1H3,(H,29,30). The highest BCUT2D eigenvalue weighted by atomic mass is 35.5. The van der Waals surface area contributed by atoms with E-state index in [0.717, 1.165) is 24.6 Å². The number of rotatable bonds is 4. The van der Waals surface area contributed by atoms with Crippen molar-refractivity contribution in [3.8, 4) is 22.5 Å². The number of hydrogen-bond donors (Lipinski definition) is 1. The Labute approximate surface area is 187 Å². The van der Waals surface area contributed by atoms with Gasteiger partial charge < -0.3 is 4.90 Å². The average molecular weight is 464 g/mol. The summed E-state index contributed by atoms with van der Waals surface area (Å²) >= 11 is 5.80. The van der Waals surface area contributed by atoms with Gasteiger partial charge in [0.25, 0.3) is 0 Å². The maximum absolute atomic E-state index is 13.4. The summed E-state index contributed by atoms with van der Waals surface area (Å²) in [4.78, 5) is 22.1. The molecule has 0 unspecified atom stereocenters. The number of hydrogen-bond acceptors (Lipinski definition) is 4. The summed E-state index contributed by atoms with van der Waals surface area (Å²) in [7, 11) is 0. The zero-order chi connectivity index (χ0) is 22.9. The number of nitrogens with zero attached hydrogens (tertiary/aromatic N) is 4. The number of carbonyl (C=O) groups excluding carboxylic acids is 1. The summed E-state index contributed by atoms with van der Waals surface area (Å²) in [6, 6.07) is 5.46. The van der Waals surface area contributed by atoms with Gasteiger partial charge in [0, 0.05) is 48.4 Å². The van der Waals surface area contributed by atoms with Crippen molar-refractivity contribution in [2.75, 3.05) is 13.1 Å². The summed E-state index contributed by atoms with van der Waals surface area (Å²) in [5.74, 6) is 0.183. The minimum Gasteiger partial charge on any atom is -0.343 e. The smallest absolute Gasteiger partial charge is 0.343 e. The van der Waals surface area contributed by atoms with E-state index in [9.17, 15) is 18.0 Å². The molecular weight excluding hydrogens is 443 g/mol. The monoisotopic (exact) mass is 463 g/mol. The van der Waals surface area contributed by atoms with Gasteiger partial charge in [-0.2, -0.15) is 18.3 Å². The molecule has 0 bridgehead atoms. The van der Waals surface area contributed by atoms with E-state index >= 15 is 0 Å². The number of halogens is 4. The third kappa shape index (κ3) is 4.34. The van der Waals surface area contributed by atoms with Crippen molar-refractivity contribution in [2.45, 2.75) is 38.3 Å². The van der Waals surface area contributed by atoms with Crippen molar-refractivity contribution >= 4 is 17.5 Å². The summed E-state index contributed by atoms with van der Waals surface area (Å²) < 4.78 is 40.3. The number of benzene rings is 1. The van der Waals surface area contributed by atoms with Crippen molar-refractivity contribution in [1.82, 2.24) is 25.1 Å². The van der Waals surface area contributed by atoms with Gasteiger partial charge in [-0.15, -0.1) is 0 Å². The van der Waals surface area contributed by atoms with Crippen LogP contribution in [0, 0.1) is 0 Å². The zero-order valence-corrected chi connectivity index (χ0v) is 18.0. The predicted molar refractivity (Wildman–Crippen MR) is 114 cm³/mol. The zero-order valence-electron chi connectivity index (χ0n) is 17.3. The molecule has 32 heavy (non-hydrogen) atoms. The first kappa shape index (κ1) is 22.3. The summed E-state index contributed by atoms with van der Waals surface area (Å²) in [5, 5.41) is 7.06. The van der Waals surface area contributed by atoms with E-state index in [1.165, 1.54) is 18.5 Å². The lowest BCUT2D eigenvalue weighted by Gasteiger charge is -2.31. The van der Waals surface area contributed by atoms with Crippen LogP contribution in [0.3, 0.4) is 0 Å². The molecule has 1 aromatic carbocycles. The maximum Gasteiger partial charge on any atom is 0.417 e. The minimum absolute atomic E-state index is 0.0662. The fourth-order valence-corrected chi connectivity index (χ4v) is 4.31. The van der Waals surface area contributed by atoms with Crippen LogP contribution in [0.1, 0.15) is 43.4 Å². The SMILES string of the molecule is CCC(=O)N1CCC(c2[nH]nc(-c3ccc(Cl)c(C(F)(F)F)c3)c2-c2ccncn2)CC1. The Morgan fingerprint density at radius 1 is 1.25 bits per heavy atom. The molecule has 3 heterocycles. The fourth-order valence-electron chi connectivity index (χ4n) is 4.09. The normalized spacial score (nSPS) is 15.2. The Balaban J connectivity index is 1.76. The van der Waals surface area contributed by atoms with Gasteiger partial charge in [0.1, 0.15) is 12.0 Å². The molecule has 0 spiro atoms. The lowest BCUT2D eigenvalue weighted by molar-refractivity contribution is -0.137. The van der Waals surface area contributed by atoms with E-state index in [-0.39, 0.29) is 22.4 Å². The predicted octanol–water partition coefficient (Wildman–Crippen LogP) is 5.32. The molecular formula is C22H21ClF3N5O. The van der Waals surface area contributed by atoms with E-state index in [1.807, 2.05) is 11.8 Å². The summed E-state index contributed by atoms with van der Waals surface area (Å²) in [5.41, 5.74) is 1.74. The van der Waals surface area contributed by atoms with Gasteiger partial charge in [0.05, 0.1) is 16.3 Å². The van der Waals surface area contributed by atoms with Crippen LogP contribution in [0.5, 0.6) is 0 Å². The van der Waals surface area contributed by atoms with Crippen molar-refractivity contribution in [3.63, 3.8) is 0 Å². The van der Waals surface area contributed by atoms with Crippen LogP contribution in [0.4, 0.5) is 13.2 Å². The van der Waals surface area contributed by atoms with Gasteiger partial charge in [0.15, 0.2) is 0 Å². The highest BCUT2D eigenvalue weighted by Gasteiger charge is 2.34. The number of nitrogens with one attached hydrogen (secondary N) is 1. The molecule has 1 aliphatic rings. The number of H-pyrrole nitrogens is 1. The molecule has 10 heteroatoms. The second kappa shape index (κ2) is 8.90. The summed E-state index contributed by atoms with van der Waals surface area (Å²) in [6.07, 6.45) is 0.290. The molecule has 6 nitrogen and oxygen atoms in total. The third-order valence-electron chi connectivity index (χ3n) is 5.74. The molecule has 168 valence electrons. The number of aromatic nitrogens is 4. The number of aromatic amines is 1. The van der Waals surface area contributed by atoms with Gasteiger partial charge in [-0.1, -0.05) is 24.6 Å². The number of amides is 1. The Morgan fingerprint density at radius 3 is 2.62 bits per heavy atom. The molecule has 2 aromatic heterocycles. The van der Waals surface area contributed by atoms with Crippen LogP contribution in [0.15, 0.2) is 36.8 Å². The Hall–Kier alpha value is -2.94. The molecule has 0 saturated carbocycles. The minimum atomic E-state index is -4.58. The lowest BCUT2D eigenvalue weighted by Crippen LogP contribution is -2.37.